The van der Waals surface area contributed by atoms with E-state index < -0.39 is 0 Å². The highest BCUT2D eigenvalue weighted by Gasteiger charge is 2.05. The number of nitrogens with two attached hydrogens (primary N) is 1. The van der Waals surface area contributed by atoms with Crippen LogP contribution in [0.15, 0.2) is 31.0 Å². The third-order valence-electron chi connectivity index (χ3n) is 1.59. The molecule has 0 amide bonds. The number of nitrogens with zero attached hydrogens (tertiary/aromatic N) is 1. The van der Waals surface area contributed by atoms with E-state index in [0.717, 1.165) is 5.56 Å². The Hall–Kier alpha value is -1.59. The van der Waals surface area contributed by atoms with Crippen molar-refractivity contribution in [1.82, 2.24) is 4.98 Å². The van der Waals surface area contributed by atoms with Gasteiger partial charge in [0.05, 0.1) is 6.04 Å². The number of rotatable bonds is 2. The predicted molar refractivity (Wildman–Crippen MR) is 49.3 cm³/mol. The Morgan fingerprint density at radius 1 is 1.75 bits per heavy atom. The Kier molecular flexibility index (Phi) is 2.62. The summed E-state index contributed by atoms with van der Waals surface area (Å²) in [5.74, 6) is 2.47. The minimum absolute atomic E-state index is 0.232. The molecule has 0 saturated heterocycles. The fourth-order valence-corrected chi connectivity index (χ4v) is 0.934. The van der Waals surface area contributed by atoms with Gasteiger partial charge in [0.2, 0.25) is 0 Å². The summed E-state index contributed by atoms with van der Waals surface area (Å²) < 4.78 is 0. The number of hydrogen-bond donors (Lipinski definition) is 1. The molecule has 0 aromatic carbocycles. The molecule has 2 heteroatoms. The van der Waals surface area contributed by atoms with Crippen molar-refractivity contribution in [3.63, 3.8) is 0 Å². The third kappa shape index (κ3) is 1.52. The molecule has 1 atom stereocenters. The van der Waals surface area contributed by atoms with E-state index in [0.29, 0.717) is 5.69 Å². The maximum atomic E-state index is 5.72. The van der Waals surface area contributed by atoms with Gasteiger partial charge in [-0.25, -0.2) is 4.98 Å². The van der Waals surface area contributed by atoms with Crippen LogP contribution in [0.4, 0.5) is 0 Å². The normalized spacial score (nSPS) is 11.7. The lowest BCUT2D eigenvalue weighted by atomic mass is 10.1. The zero-order chi connectivity index (χ0) is 8.97. The fourth-order valence-electron chi connectivity index (χ4n) is 0.934. The largest absolute Gasteiger partial charge is 0.321 e. The van der Waals surface area contributed by atoms with Gasteiger partial charge in [-0.2, -0.15) is 0 Å². The molecule has 1 heterocycles. The molecule has 60 valence electrons. The molecular formula is C10H10N2. The Balaban J connectivity index is 3.15. The molecule has 0 fully saturated rings. The molecule has 0 unspecified atom stereocenters. The van der Waals surface area contributed by atoms with Crippen LogP contribution < -0.4 is 5.73 Å². The van der Waals surface area contributed by atoms with Crippen LogP contribution in [-0.2, 0) is 0 Å². The van der Waals surface area contributed by atoms with Crippen molar-refractivity contribution in [2.24, 2.45) is 5.73 Å². The van der Waals surface area contributed by atoms with E-state index in [4.69, 9.17) is 12.2 Å². The maximum Gasteiger partial charge on any atom is 0.117 e. The van der Waals surface area contributed by atoms with Crippen molar-refractivity contribution in [2.45, 2.75) is 6.04 Å². The number of hydrogen-bond acceptors (Lipinski definition) is 2. The highest BCUT2D eigenvalue weighted by Crippen LogP contribution is 2.13. The van der Waals surface area contributed by atoms with E-state index in [2.05, 4.69) is 17.5 Å². The minimum Gasteiger partial charge on any atom is -0.321 e. The van der Waals surface area contributed by atoms with Crippen molar-refractivity contribution in [1.29, 1.82) is 0 Å². The second-order valence-electron chi connectivity index (χ2n) is 2.35. The molecule has 12 heavy (non-hydrogen) atoms. The molecule has 0 saturated carbocycles. The van der Waals surface area contributed by atoms with Gasteiger partial charge in [-0.15, -0.1) is 13.0 Å². The summed E-state index contributed by atoms with van der Waals surface area (Å²) in [4.78, 5) is 4.00. The molecule has 1 aromatic rings. The van der Waals surface area contributed by atoms with Gasteiger partial charge in [-0.1, -0.05) is 12.1 Å². The van der Waals surface area contributed by atoms with Crippen LogP contribution in [-0.4, -0.2) is 4.98 Å². The SMILES string of the molecule is C#Cc1ncccc1[C@@H](N)C=C. The first kappa shape index (κ1) is 8.51. The summed E-state index contributed by atoms with van der Waals surface area (Å²) >= 11 is 0. The molecule has 0 aliphatic carbocycles. The molecule has 0 aliphatic heterocycles. The Morgan fingerprint density at radius 3 is 3.08 bits per heavy atom. The van der Waals surface area contributed by atoms with E-state index in [-0.39, 0.29) is 6.04 Å². The van der Waals surface area contributed by atoms with Crippen LogP contribution in [0.5, 0.6) is 0 Å². The average molecular weight is 158 g/mol. The second kappa shape index (κ2) is 3.70. The van der Waals surface area contributed by atoms with Crippen LogP contribution in [0.3, 0.4) is 0 Å². The Morgan fingerprint density at radius 2 is 2.50 bits per heavy atom. The van der Waals surface area contributed by atoms with Crippen LogP contribution in [0.1, 0.15) is 17.3 Å². The van der Waals surface area contributed by atoms with Crippen molar-refractivity contribution in [3.8, 4) is 12.3 Å². The third-order valence-corrected chi connectivity index (χ3v) is 1.59. The topological polar surface area (TPSA) is 38.9 Å². The van der Waals surface area contributed by atoms with Gasteiger partial charge >= 0.3 is 0 Å². The summed E-state index contributed by atoms with van der Waals surface area (Å²) in [6, 6.07) is 3.43. The molecule has 1 rings (SSSR count). The highest BCUT2D eigenvalue weighted by atomic mass is 14.7. The van der Waals surface area contributed by atoms with Crippen LogP contribution in [0, 0.1) is 12.3 Å². The molecule has 0 aliphatic rings. The second-order valence-corrected chi connectivity index (χ2v) is 2.35. The van der Waals surface area contributed by atoms with Gasteiger partial charge < -0.3 is 5.73 Å². The summed E-state index contributed by atoms with van der Waals surface area (Å²) in [6.45, 7) is 3.59. The van der Waals surface area contributed by atoms with Crippen molar-refractivity contribution >= 4 is 0 Å². The summed E-state index contributed by atoms with van der Waals surface area (Å²) in [5, 5.41) is 0. The maximum absolute atomic E-state index is 5.72. The molecule has 1 aromatic heterocycles. The summed E-state index contributed by atoms with van der Waals surface area (Å²) in [7, 11) is 0. The fraction of sp³-hybridized carbons (Fsp3) is 0.100. The van der Waals surface area contributed by atoms with E-state index in [1.165, 1.54) is 0 Å². The standard InChI is InChI=1S/C10H10N2/c1-3-9(11)8-6-5-7-12-10(8)4-2/h2-3,5-7,9H,1,11H2/t9-/m0/s1. The monoisotopic (exact) mass is 158 g/mol. The van der Waals surface area contributed by atoms with Gasteiger partial charge in [-0.05, 0) is 12.0 Å². The average Bonchev–Trinajstić information content (AvgIpc) is 2.16. The Labute approximate surface area is 72.1 Å². The first-order valence-corrected chi connectivity index (χ1v) is 3.59. The molecule has 2 N–H and O–H groups in total. The Bertz CT molecular complexity index is 323. The molecule has 0 radical (unpaired) electrons. The van der Waals surface area contributed by atoms with E-state index >= 15 is 0 Å². The number of aromatic nitrogens is 1. The number of pyridine rings is 1. The quantitative estimate of drug-likeness (QED) is 0.519. The number of terminal acetylenes is 1. The molecular weight excluding hydrogens is 148 g/mol. The lowest BCUT2D eigenvalue weighted by Gasteiger charge is -2.07. The van der Waals surface area contributed by atoms with Gasteiger partial charge in [0.25, 0.3) is 0 Å². The van der Waals surface area contributed by atoms with Gasteiger partial charge in [0.15, 0.2) is 0 Å². The first-order valence-electron chi connectivity index (χ1n) is 3.59. The van der Waals surface area contributed by atoms with Crippen LogP contribution in [0.25, 0.3) is 0 Å². The molecule has 2 nitrogen and oxygen atoms in total. The van der Waals surface area contributed by atoms with Crippen molar-refractivity contribution < 1.29 is 0 Å². The molecule has 0 spiro atoms. The van der Waals surface area contributed by atoms with E-state index in [9.17, 15) is 0 Å². The van der Waals surface area contributed by atoms with Gasteiger partial charge in [0.1, 0.15) is 5.69 Å². The minimum atomic E-state index is -0.232. The molecule has 0 bridgehead atoms. The lowest BCUT2D eigenvalue weighted by molar-refractivity contribution is 0.898. The van der Waals surface area contributed by atoms with E-state index in [1.807, 2.05) is 6.07 Å². The van der Waals surface area contributed by atoms with Gasteiger partial charge in [0, 0.05) is 11.8 Å². The van der Waals surface area contributed by atoms with Crippen molar-refractivity contribution in [2.75, 3.05) is 0 Å². The smallest absolute Gasteiger partial charge is 0.117 e. The summed E-state index contributed by atoms with van der Waals surface area (Å²) in [6.07, 6.45) is 8.52. The van der Waals surface area contributed by atoms with Crippen molar-refractivity contribution in [3.05, 3.63) is 42.2 Å². The van der Waals surface area contributed by atoms with Crippen LogP contribution in [0.2, 0.25) is 0 Å². The van der Waals surface area contributed by atoms with Crippen LogP contribution >= 0.6 is 0 Å². The van der Waals surface area contributed by atoms with E-state index in [1.54, 1.807) is 18.3 Å². The first-order chi connectivity index (χ1) is 5.79. The highest BCUT2D eigenvalue weighted by molar-refractivity contribution is 5.36. The van der Waals surface area contributed by atoms with Gasteiger partial charge in [-0.3, -0.25) is 0 Å². The lowest BCUT2D eigenvalue weighted by Crippen LogP contribution is -2.09. The zero-order valence-electron chi connectivity index (χ0n) is 6.70. The zero-order valence-corrected chi connectivity index (χ0v) is 6.70. The predicted octanol–water partition coefficient (Wildman–Crippen LogP) is 1.25. The summed E-state index contributed by atoms with van der Waals surface area (Å²) in [5.41, 5.74) is 7.15.